The van der Waals surface area contributed by atoms with E-state index in [-0.39, 0.29) is 16.5 Å². The summed E-state index contributed by atoms with van der Waals surface area (Å²) in [6, 6.07) is 3.86. The Morgan fingerprint density at radius 1 is 1.11 bits per heavy atom. The van der Waals surface area contributed by atoms with E-state index in [2.05, 4.69) is 9.97 Å². The number of nitro groups is 1. The molecule has 1 heterocycles. The fraction of sp³-hybridized carbons (Fsp3) is 0.231. The smallest absolute Gasteiger partial charge is 0.258 e. The van der Waals surface area contributed by atoms with Crippen LogP contribution in [0.2, 0.25) is 5.15 Å². The molecule has 0 atom stereocenters. The van der Waals surface area contributed by atoms with Crippen LogP contribution in [0, 0.1) is 30.9 Å². The molecule has 6 heteroatoms. The molecule has 0 aliphatic rings. The summed E-state index contributed by atoms with van der Waals surface area (Å²) in [6.07, 6.45) is 1.24. The van der Waals surface area contributed by atoms with Gasteiger partial charge in [-0.15, -0.1) is 0 Å². The number of halogens is 1. The van der Waals surface area contributed by atoms with Crippen LogP contribution in [-0.2, 0) is 0 Å². The lowest BCUT2D eigenvalue weighted by Gasteiger charge is -2.09. The highest BCUT2D eigenvalue weighted by atomic mass is 35.5. The molecule has 0 N–H and O–H groups in total. The van der Waals surface area contributed by atoms with Crippen LogP contribution >= 0.6 is 11.6 Å². The molecule has 0 saturated heterocycles. The van der Waals surface area contributed by atoms with Gasteiger partial charge in [-0.2, -0.15) is 0 Å². The van der Waals surface area contributed by atoms with Gasteiger partial charge in [-0.05, 0) is 43.5 Å². The molecule has 2 rings (SSSR count). The first-order valence-electron chi connectivity index (χ1n) is 5.65. The molecule has 0 amide bonds. The Balaban J connectivity index is 2.76. The van der Waals surface area contributed by atoms with Gasteiger partial charge in [-0.25, -0.2) is 9.97 Å². The maximum atomic E-state index is 11.1. The summed E-state index contributed by atoms with van der Waals surface area (Å²) in [4.78, 5) is 18.3. The molecule has 0 bridgehead atoms. The molecule has 5 nitrogen and oxygen atoms in total. The van der Waals surface area contributed by atoms with Crippen LogP contribution in [0.25, 0.3) is 11.3 Å². The largest absolute Gasteiger partial charge is 0.332 e. The normalized spacial score (nSPS) is 10.5. The summed E-state index contributed by atoms with van der Waals surface area (Å²) in [6.45, 7) is 5.84. The van der Waals surface area contributed by atoms with Crippen molar-refractivity contribution in [3.8, 4) is 11.3 Å². The van der Waals surface area contributed by atoms with E-state index in [9.17, 15) is 10.1 Å². The quantitative estimate of drug-likeness (QED) is 0.477. The summed E-state index contributed by atoms with van der Waals surface area (Å²) < 4.78 is 0. The van der Waals surface area contributed by atoms with E-state index in [1.54, 1.807) is 0 Å². The van der Waals surface area contributed by atoms with Crippen LogP contribution in [-0.4, -0.2) is 14.9 Å². The van der Waals surface area contributed by atoms with Crippen molar-refractivity contribution in [1.29, 1.82) is 0 Å². The van der Waals surface area contributed by atoms with Crippen molar-refractivity contribution in [1.82, 2.24) is 9.97 Å². The molecule has 0 spiro atoms. The Labute approximate surface area is 115 Å². The highest BCUT2D eigenvalue weighted by Crippen LogP contribution is 2.35. The Bertz CT molecular complexity index is 671. The summed E-state index contributed by atoms with van der Waals surface area (Å²) in [5.41, 5.74) is 3.80. The molecule has 0 radical (unpaired) electrons. The topological polar surface area (TPSA) is 68.9 Å². The molecule has 1 aromatic heterocycles. The van der Waals surface area contributed by atoms with Gasteiger partial charge in [0.05, 0.1) is 4.92 Å². The first kappa shape index (κ1) is 13.4. The van der Waals surface area contributed by atoms with Crippen LogP contribution in [0.4, 0.5) is 5.69 Å². The fourth-order valence-corrected chi connectivity index (χ4v) is 2.13. The highest BCUT2D eigenvalue weighted by molar-refractivity contribution is 6.31. The standard InChI is InChI=1S/C13H12ClN3O2/c1-7-4-9(3)10(5-8(7)2)11-12(17(18)19)13(14)16-6-15-11/h4-6H,1-3H3. The molecule has 98 valence electrons. The maximum absolute atomic E-state index is 11.1. The number of aryl methyl sites for hydroxylation is 3. The molecule has 0 fully saturated rings. The number of hydrogen-bond acceptors (Lipinski definition) is 4. The second kappa shape index (κ2) is 4.93. The highest BCUT2D eigenvalue weighted by Gasteiger charge is 2.23. The van der Waals surface area contributed by atoms with Crippen LogP contribution < -0.4 is 0 Å². The summed E-state index contributed by atoms with van der Waals surface area (Å²) in [7, 11) is 0. The van der Waals surface area contributed by atoms with Crippen LogP contribution in [0.3, 0.4) is 0 Å². The number of rotatable bonds is 2. The minimum Gasteiger partial charge on any atom is -0.258 e. The zero-order chi connectivity index (χ0) is 14.2. The van der Waals surface area contributed by atoms with Crippen molar-refractivity contribution in [3.05, 3.63) is 50.4 Å². The molecule has 0 aliphatic heterocycles. The summed E-state index contributed by atoms with van der Waals surface area (Å²) in [5.74, 6) is 0. The van der Waals surface area contributed by atoms with Crippen molar-refractivity contribution < 1.29 is 4.92 Å². The van der Waals surface area contributed by atoms with Gasteiger partial charge in [0.15, 0.2) is 5.69 Å². The lowest BCUT2D eigenvalue weighted by molar-refractivity contribution is -0.384. The van der Waals surface area contributed by atoms with Gasteiger partial charge in [0.2, 0.25) is 5.15 Å². The molecular formula is C13H12ClN3O2. The second-order valence-electron chi connectivity index (χ2n) is 4.37. The minimum absolute atomic E-state index is 0.146. The Hall–Kier alpha value is -2.01. The van der Waals surface area contributed by atoms with Crippen molar-refractivity contribution in [2.24, 2.45) is 0 Å². The van der Waals surface area contributed by atoms with E-state index in [0.717, 1.165) is 16.7 Å². The van der Waals surface area contributed by atoms with Gasteiger partial charge in [0.25, 0.3) is 0 Å². The molecule has 0 aliphatic carbocycles. The van der Waals surface area contributed by atoms with Gasteiger partial charge < -0.3 is 0 Å². The van der Waals surface area contributed by atoms with Crippen LogP contribution in [0.5, 0.6) is 0 Å². The number of hydrogen-bond donors (Lipinski definition) is 0. The lowest BCUT2D eigenvalue weighted by Crippen LogP contribution is -1.99. The van der Waals surface area contributed by atoms with Crippen LogP contribution in [0.1, 0.15) is 16.7 Å². The Morgan fingerprint density at radius 3 is 2.37 bits per heavy atom. The van der Waals surface area contributed by atoms with Crippen LogP contribution in [0.15, 0.2) is 18.5 Å². The van der Waals surface area contributed by atoms with E-state index in [1.807, 2.05) is 32.9 Å². The zero-order valence-corrected chi connectivity index (χ0v) is 11.5. The lowest BCUT2D eigenvalue weighted by atomic mass is 9.98. The molecule has 0 unspecified atom stereocenters. The van der Waals surface area contributed by atoms with E-state index in [4.69, 9.17) is 11.6 Å². The molecular weight excluding hydrogens is 266 g/mol. The van der Waals surface area contributed by atoms with Crippen molar-refractivity contribution in [2.75, 3.05) is 0 Å². The van der Waals surface area contributed by atoms with Gasteiger partial charge >= 0.3 is 5.69 Å². The zero-order valence-electron chi connectivity index (χ0n) is 10.8. The predicted octanol–water partition coefficient (Wildman–Crippen LogP) is 3.63. The minimum atomic E-state index is -0.549. The summed E-state index contributed by atoms with van der Waals surface area (Å²) in [5, 5.41) is 11.0. The van der Waals surface area contributed by atoms with E-state index in [0.29, 0.717) is 5.56 Å². The third kappa shape index (κ3) is 2.42. The van der Waals surface area contributed by atoms with Gasteiger partial charge in [-0.3, -0.25) is 10.1 Å². The molecule has 0 saturated carbocycles. The number of nitrogens with zero attached hydrogens (tertiary/aromatic N) is 3. The average molecular weight is 278 g/mol. The van der Waals surface area contributed by atoms with E-state index < -0.39 is 4.92 Å². The second-order valence-corrected chi connectivity index (χ2v) is 4.73. The Kier molecular flexibility index (Phi) is 3.48. The third-order valence-corrected chi connectivity index (χ3v) is 3.33. The van der Waals surface area contributed by atoms with Crippen molar-refractivity contribution in [3.63, 3.8) is 0 Å². The first-order valence-corrected chi connectivity index (χ1v) is 6.02. The van der Waals surface area contributed by atoms with E-state index in [1.165, 1.54) is 6.33 Å². The monoisotopic (exact) mass is 277 g/mol. The third-order valence-electron chi connectivity index (χ3n) is 3.06. The number of benzene rings is 1. The van der Waals surface area contributed by atoms with Crippen molar-refractivity contribution >= 4 is 17.3 Å². The predicted molar refractivity (Wildman–Crippen MR) is 73.3 cm³/mol. The van der Waals surface area contributed by atoms with Gasteiger partial charge in [-0.1, -0.05) is 17.7 Å². The molecule has 19 heavy (non-hydrogen) atoms. The molecule has 2 aromatic rings. The van der Waals surface area contributed by atoms with Gasteiger partial charge in [0.1, 0.15) is 6.33 Å². The van der Waals surface area contributed by atoms with Crippen molar-refractivity contribution in [2.45, 2.75) is 20.8 Å². The number of aromatic nitrogens is 2. The SMILES string of the molecule is Cc1cc(C)c(-c2ncnc(Cl)c2[N+](=O)[O-])cc1C. The fourth-order valence-electron chi connectivity index (χ4n) is 1.93. The van der Waals surface area contributed by atoms with E-state index >= 15 is 0 Å². The average Bonchev–Trinajstić information content (AvgIpc) is 2.33. The summed E-state index contributed by atoms with van der Waals surface area (Å²) >= 11 is 5.80. The Morgan fingerprint density at radius 2 is 1.74 bits per heavy atom. The van der Waals surface area contributed by atoms with Gasteiger partial charge in [0, 0.05) is 5.56 Å². The first-order chi connectivity index (χ1) is 8.91. The molecule has 1 aromatic carbocycles. The maximum Gasteiger partial charge on any atom is 0.332 e.